The zero-order valence-electron chi connectivity index (χ0n) is 22.8. The van der Waals surface area contributed by atoms with Crippen LogP contribution in [0.25, 0.3) is 0 Å². The van der Waals surface area contributed by atoms with Gasteiger partial charge in [-0.1, -0.05) is 47.8 Å². The first kappa shape index (κ1) is 27.3. The number of nitrogens with zero attached hydrogens (tertiary/aromatic N) is 3. The van der Waals surface area contributed by atoms with Crippen molar-refractivity contribution in [3.63, 3.8) is 0 Å². The Bertz CT molecular complexity index is 1500. The first-order chi connectivity index (χ1) is 19.8. The third-order valence-corrected chi connectivity index (χ3v) is 8.95. The van der Waals surface area contributed by atoms with Crippen LogP contribution in [-0.4, -0.2) is 50.9 Å². The molecule has 3 aliphatic rings. The number of aliphatic carboxylic acids is 1. The largest absolute Gasteiger partial charge is 0.487 e. The quantitative estimate of drug-likeness (QED) is 0.411. The smallest absolute Gasteiger partial charge is 0.307 e. The maximum atomic E-state index is 14.2. The molecule has 2 aliphatic heterocycles. The Morgan fingerprint density at radius 1 is 1.15 bits per heavy atom. The van der Waals surface area contributed by atoms with Crippen molar-refractivity contribution in [3.8, 4) is 5.75 Å². The lowest BCUT2D eigenvalue weighted by Crippen LogP contribution is -2.50. The molecule has 1 unspecified atom stereocenters. The van der Waals surface area contributed by atoms with Crippen molar-refractivity contribution >= 4 is 29.4 Å². The van der Waals surface area contributed by atoms with Gasteiger partial charge in [0.15, 0.2) is 0 Å². The molecule has 0 bridgehead atoms. The van der Waals surface area contributed by atoms with Gasteiger partial charge in [0.25, 0.3) is 5.91 Å². The number of carboxylic acids is 1. The summed E-state index contributed by atoms with van der Waals surface area (Å²) in [5.74, 6) is -1.32. The molecule has 0 saturated heterocycles. The molecule has 1 aliphatic carbocycles. The lowest BCUT2D eigenvalue weighted by Gasteiger charge is -2.43. The van der Waals surface area contributed by atoms with Gasteiger partial charge in [-0.15, -0.1) is 0 Å². The van der Waals surface area contributed by atoms with Gasteiger partial charge in [-0.2, -0.15) is 0 Å². The molecule has 1 N–H and O–H groups in total. The Balaban J connectivity index is 1.38. The summed E-state index contributed by atoms with van der Waals surface area (Å²) in [6.45, 7) is 3.00. The second-order valence-corrected chi connectivity index (χ2v) is 11.5. The number of carbonyl (C=O) groups excluding carboxylic acids is 2. The SMILES string of the molecule is Cc1cc(COc2ccc(Cl)c3c2C(CN2Cc4ccccc4C2=O)N(C(=O)[C@@H]2CCCC[C@@H]2C(=O)O)CC3)no1. The zero-order valence-corrected chi connectivity index (χ0v) is 23.6. The fraction of sp³-hybridized carbons (Fsp3) is 0.419. The van der Waals surface area contributed by atoms with Crippen molar-refractivity contribution in [1.82, 2.24) is 15.0 Å². The summed E-state index contributed by atoms with van der Waals surface area (Å²) in [5.41, 5.74) is 3.85. The molecule has 0 radical (unpaired) electrons. The molecular weight excluding hydrogens is 546 g/mol. The normalized spacial score (nSPS) is 21.9. The maximum absolute atomic E-state index is 14.2. The van der Waals surface area contributed by atoms with Crippen LogP contribution in [0.1, 0.15) is 70.2 Å². The van der Waals surface area contributed by atoms with E-state index in [1.807, 2.05) is 24.3 Å². The van der Waals surface area contributed by atoms with E-state index in [0.717, 1.165) is 29.5 Å². The number of benzene rings is 2. The fourth-order valence-electron chi connectivity index (χ4n) is 6.60. The average Bonchev–Trinajstić information content (AvgIpc) is 3.54. The Morgan fingerprint density at radius 3 is 2.66 bits per heavy atom. The minimum absolute atomic E-state index is 0.0937. The van der Waals surface area contributed by atoms with Crippen molar-refractivity contribution in [2.24, 2.45) is 11.8 Å². The van der Waals surface area contributed by atoms with Gasteiger partial charge in [-0.25, -0.2) is 0 Å². The molecule has 0 spiro atoms. The van der Waals surface area contributed by atoms with Crippen LogP contribution in [0.2, 0.25) is 5.02 Å². The van der Waals surface area contributed by atoms with Crippen LogP contribution in [0.15, 0.2) is 47.0 Å². The van der Waals surface area contributed by atoms with Gasteiger partial charge < -0.3 is 24.2 Å². The van der Waals surface area contributed by atoms with Crippen LogP contribution in [0.5, 0.6) is 5.75 Å². The number of aromatic nitrogens is 1. The Morgan fingerprint density at radius 2 is 1.93 bits per heavy atom. The lowest BCUT2D eigenvalue weighted by atomic mass is 9.77. The number of carboxylic acid groups (broad SMARTS) is 1. The molecule has 3 aromatic rings. The predicted octanol–water partition coefficient (Wildman–Crippen LogP) is 5.19. The number of ether oxygens (including phenoxy) is 1. The topological polar surface area (TPSA) is 113 Å². The van der Waals surface area contributed by atoms with E-state index < -0.39 is 23.8 Å². The molecule has 1 fully saturated rings. The second kappa shape index (κ2) is 11.2. The third kappa shape index (κ3) is 5.19. The highest BCUT2D eigenvalue weighted by molar-refractivity contribution is 6.31. The van der Waals surface area contributed by atoms with E-state index in [2.05, 4.69) is 5.16 Å². The van der Waals surface area contributed by atoms with Gasteiger partial charge in [0.2, 0.25) is 5.91 Å². The van der Waals surface area contributed by atoms with E-state index in [4.69, 9.17) is 20.9 Å². The summed E-state index contributed by atoms with van der Waals surface area (Å²) < 4.78 is 11.4. The number of hydrogen-bond acceptors (Lipinski definition) is 6. The summed E-state index contributed by atoms with van der Waals surface area (Å²) in [5, 5.41) is 14.5. The Kier molecular flexibility index (Phi) is 7.46. The summed E-state index contributed by atoms with van der Waals surface area (Å²) in [6, 6.07) is 12.3. The highest BCUT2D eigenvalue weighted by Gasteiger charge is 2.44. The summed E-state index contributed by atoms with van der Waals surface area (Å²) in [6.07, 6.45) is 3.12. The molecule has 3 heterocycles. The van der Waals surface area contributed by atoms with Gasteiger partial charge in [0.05, 0.1) is 17.9 Å². The Labute approximate surface area is 243 Å². The molecule has 1 aromatic heterocycles. The van der Waals surface area contributed by atoms with E-state index in [9.17, 15) is 19.5 Å². The molecule has 1 saturated carbocycles. The van der Waals surface area contributed by atoms with Crippen LogP contribution in [0.4, 0.5) is 0 Å². The molecule has 9 nitrogen and oxygen atoms in total. The molecule has 41 heavy (non-hydrogen) atoms. The number of rotatable bonds is 7. The first-order valence-corrected chi connectivity index (χ1v) is 14.5. The monoisotopic (exact) mass is 577 g/mol. The van der Waals surface area contributed by atoms with Crippen molar-refractivity contribution in [2.75, 3.05) is 13.1 Å². The maximum Gasteiger partial charge on any atom is 0.307 e. The van der Waals surface area contributed by atoms with E-state index in [1.165, 1.54) is 0 Å². The highest BCUT2D eigenvalue weighted by Crippen LogP contribution is 2.43. The molecule has 214 valence electrons. The molecule has 2 amide bonds. The van der Waals surface area contributed by atoms with E-state index >= 15 is 0 Å². The second-order valence-electron chi connectivity index (χ2n) is 11.1. The third-order valence-electron chi connectivity index (χ3n) is 8.60. The van der Waals surface area contributed by atoms with Crippen LogP contribution < -0.4 is 4.74 Å². The average molecular weight is 578 g/mol. The van der Waals surface area contributed by atoms with Crippen molar-refractivity contribution in [2.45, 2.75) is 58.2 Å². The van der Waals surface area contributed by atoms with E-state index in [-0.39, 0.29) is 25.0 Å². The number of fused-ring (bicyclic) bond motifs is 2. The number of halogens is 1. The van der Waals surface area contributed by atoms with Crippen LogP contribution in [0, 0.1) is 18.8 Å². The molecule has 3 atom stereocenters. The summed E-state index contributed by atoms with van der Waals surface area (Å²) in [4.78, 5) is 43.3. The molecule has 10 heteroatoms. The van der Waals surface area contributed by atoms with Gasteiger partial charge >= 0.3 is 5.97 Å². The highest BCUT2D eigenvalue weighted by atomic mass is 35.5. The minimum atomic E-state index is -0.933. The predicted molar refractivity (Wildman–Crippen MR) is 149 cm³/mol. The standard InChI is InChI=1S/C31H32ClN3O6/c1-18-14-20(33-41-18)17-40-27-11-10-25(32)24-12-13-35(30(37)22-8-4-5-9-23(22)31(38)39)26(28(24)27)16-34-15-19-6-2-3-7-21(19)29(34)36/h2-3,6-7,10-11,14,22-23,26H,4-5,8-9,12-13,15-17H2,1H3,(H,38,39)/t22-,23+,26?/m1/s1. The van der Waals surface area contributed by atoms with E-state index in [1.54, 1.807) is 34.9 Å². The van der Waals surface area contributed by atoms with Gasteiger partial charge in [0, 0.05) is 41.9 Å². The van der Waals surface area contributed by atoms with Crippen LogP contribution in [0.3, 0.4) is 0 Å². The lowest BCUT2D eigenvalue weighted by molar-refractivity contribution is -0.153. The number of carbonyl (C=O) groups is 3. The van der Waals surface area contributed by atoms with Crippen LogP contribution in [-0.2, 0) is 29.2 Å². The fourth-order valence-corrected chi connectivity index (χ4v) is 6.86. The first-order valence-electron chi connectivity index (χ1n) is 14.1. The van der Waals surface area contributed by atoms with Crippen molar-refractivity contribution < 1.29 is 28.8 Å². The van der Waals surface area contributed by atoms with E-state index in [0.29, 0.717) is 60.1 Å². The van der Waals surface area contributed by atoms with Crippen molar-refractivity contribution in [1.29, 1.82) is 0 Å². The minimum Gasteiger partial charge on any atom is -0.487 e. The molecule has 6 rings (SSSR count). The van der Waals surface area contributed by atoms with Gasteiger partial charge in [-0.05, 0) is 55.5 Å². The van der Waals surface area contributed by atoms with Crippen molar-refractivity contribution in [3.05, 3.63) is 81.2 Å². The number of hydrogen-bond donors (Lipinski definition) is 1. The number of amides is 2. The number of aryl methyl sites for hydroxylation is 1. The Hall–Kier alpha value is -3.85. The molecule has 2 aromatic carbocycles. The van der Waals surface area contributed by atoms with Gasteiger partial charge in [-0.3, -0.25) is 14.4 Å². The summed E-state index contributed by atoms with van der Waals surface area (Å²) >= 11 is 6.71. The summed E-state index contributed by atoms with van der Waals surface area (Å²) in [7, 11) is 0. The zero-order chi connectivity index (χ0) is 28.7. The van der Waals surface area contributed by atoms with Crippen LogP contribution >= 0.6 is 11.6 Å². The molecular formula is C31H32ClN3O6. The van der Waals surface area contributed by atoms with Gasteiger partial charge in [0.1, 0.15) is 23.8 Å².